The van der Waals surface area contributed by atoms with Gasteiger partial charge in [-0.1, -0.05) is 30.3 Å². The van der Waals surface area contributed by atoms with Crippen LogP contribution in [-0.2, 0) is 18.2 Å². The molecule has 0 N–H and O–H groups in total. The third kappa shape index (κ3) is 13.2. The van der Waals surface area contributed by atoms with E-state index in [2.05, 4.69) is 48.5 Å². The zero-order valence-electron chi connectivity index (χ0n) is 11.7. The second-order valence-corrected chi connectivity index (χ2v) is 8.06. The molecular formula is C14H14ClF6PS. The van der Waals surface area contributed by atoms with Crippen molar-refractivity contribution in [1.82, 2.24) is 0 Å². The van der Waals surface area contributed by atoms with Gasteiger partial charge >= 0.3 is 33.0 Å². The molecular weight excluding hydrogens is 381 g/mol. The second-order valence-electron chi connectivity index (χ2n) is 4.51. The molecule has 0 aliphatic carbocycles. The van der Waals surface area contributed by atoms with Gasteiger partial charge in [-0.2, -0.15) is 0 Å². The van der Waals surface area contributed by atoms with Crippen LogP contribution < -0.4 is 0 Å². The summed E-state index contributed by atoms with van der Waals surface area (Å²) < 4.78 is 59.2. The van der Waals surface area contributed by atoms with E-state index < -0.39 is 7.81 Å². The van der Waals surface area contributed by atoms with Crippen molar-refractivity contribution in [3.05, 3.63) is 60.2 Å². The molecule has 0 aliphatic heterocycles. The van der Waals surface area contributed by atoms with Crippen molar-refractivity contribution in [3.63, 3.8) is 0 Å². The number of hydrogen-bond donors (Lipinski definition) is 0. The minimum absolute atomic E-state index is 0.690. The monoisotopic (exact) mass is 394 g/mol. The number of rotatable bonds is 4. The van der Waals surface area contributed by atoms with Gasteiger partial charge in [0.15, 0.2) is 9.79 Å². The van der Waals surface area contributed by atoms with Crippen molar-refractivity contribution >= 4 is 31.2 Å². The summed E-state index contributed by atoms with van der Waals surface area (Å²) in [5.41, 5.74) is 1.31. The first-order valence-electron chi connectivity index (χ1n) is 6.31. The summed E-state index contributed by atoms with van der Waals surface area (Å²) in [6, 6.07) is 19.2. The van der Waals surface area contributed by atoms with E-state index in [4.69, 9.17) is 11.6 Å². The molecule has 0 spiro atoms. The molecule has 2 aromatic rings. The summed E-state index contributed by atoms with van der Waals surface area (Å²) in [4.78, 5) is 2.65. The molecule has 0 bridgehead atoms. The summed E-state index contributed by atoms with van der Waals surface area (Å²) in [7, 11) is -10.7. The Morgan fingerprint density at radius 1 is 0.739 bits per heavy atom. The maximum atomic E-state index is 9.87. The van der Waals surface area contributed by atoms with Gasteiger partial charge < -0.3 is 0 Å². The molecule has 0 unspecified atom stereocenters. The average molecular weight is 395 g/mol. The molecule has 0 saturated carbocycles. The predicted molar refractivity (Wildman–Crippen MR) is 86.2 cm³/mol. The van der Waals surface area contributed by atoms with Gasteiger partial charge in [-0.05, 0) is 36.2 Å². The molecule has 0 heterocycles. The van der Waals surface area contributed by atoms with Crippen LogP contribution in [0.25, 0.3) is 0 Å². The van der Waals surface area contributed by atoms with E-state index in [9.17, 15) is 25.2 Å². The molecule has 130 valence electrons. The standard InChI is InChI=1S/C14H13ClS.F6P/c15-11-10-12-6-8-14(9-7-12)16-13-4-2-1-3-5-13;1-7(2,3,4,5)6/h1-9H,10-11H2;/q;-1/p+1. The Morgan fingerprint density at radius 2 is 1.17 bits per heavy atom. The van der Waals surface area contributed by atoms with Gasteiger partial charge in [0.25, 0.3) is 0 Å². The molecule has 0 aromatic heterocycles. The summed E-state index contributed by atoms with van der Waals surface area (Å²) in [5.74, 6) is 0.690. The van der Waals surface area contributed by atoms with E-state index in [-0.39, 0.29) is 0 Å². The zero-order chi connectivity index (χ0) is 17.6. The van der Waals surface area contributed by atoms with Crippen molar-refractivity contribution in [1.29, 1.82) is 0 Å². The molecule has 23 heavy (non-hydrogen) atoms. The van der Waals surface area contributed by atoms with E-state index in [1.54, 1.807) is 0 Å². The summed E-state index contributed by atoms with van der Waals surface area (Å²) in [6.45, 7) is 0. The summed E-state index contributed by atoms with van der Waals surface area (Å²) in [5, 5.41) is 0. The van der Waals surface area contributed by atoms with Crippen molar-refractivity contribution in [2.45, 2.75) is 16.2 Å². The van der Waals surface area contributed by atoms with Crippen molar-refractivity contribution < 1.29 is 25.2 Å². The van der Waals surface area contributed by atoms with E-state index in [1.165, 1.54) is 27.1 Å². The van der Waals surface area contributed by atoms with Gasteiger partial charge in [0, 0.05) is 17.6 Å². The normalized spacial score (nSPS) is 14.2. The average Bonchev–Trinajstić information content (AvgIpc) is 2.39. The van der Waals surface area contributed by atoms with Crippen LogP contribution in [0.1, 0.15) is 5.56 Å². The van der Waals surface area contributed by atoms with E-state index in [0.717, 1.165) is 6.42 Å². The van der Waals surface area contributed by atoms with E-state index >= 15 is 0 Å². The Hall–Kier alpha value is -0.910. The minimum atomic E-state index is -10.7. The summed E-state index contributed by atoms with van der Waals surface area (Å²) >= 11 is 6.97. The van der Waals surface area contributed by atoms with Crippen molar-refractivity contribution in [3.8, 4) is 0 Å². The molecule has 0 amide bonds. The van der Waals surface area contributed by atoms with Crippen LogP contribution >= 0.6 is 19.4 Å². The van der Waals surface area contributed by atoms with E-state index in [1.807, 2.05) is 6.07 Å². The third-order valence-corrected chi connectivity index (χ3v) is 3.64. The number of aryl methyl sites for hydroxylation is 1. The molecule has 2 rings (SSSR count). The van der Waals surface area contributed by atoms with Crippen LogP contribution in [0, 0.1) is 0 Å². The molecule has 0 nitrogen and oxygen atoms in total. The molecule has 2 aromatic carbocycles. The Bertz CT molecular complexity index is 601. The fraction of sp³-hybridized carbons (Fsp3) is 0.143. The van der Waals surface area contributed by atoms with Gasteiger partial charge in [-0.3, -0.25) is 0 Å². The van der Waals surface area contributed by atoms with Crippen LogP contribution in [0.2, 0.25) is 0 Å². The Labute approximate surface area is 139 Å². The predicted octanol–water partition coefficient (Wildman–Crippen LogP) is 7.08. The third-order valence-electron chi connectivity index (χ3n) is 2.33. The van der Waals surface area contributed by atoms with Crippen molar-refractivity contribution in [2.24, 2.45) is 0 Å². The molecule has 0 aliphatic rings. The van der Waals surface area contributed by atoms with Gasteiger partial charge in [0.1, 0.15) is 0 Å². The number of hydrogen-bond acceptors (Lipinski definition) is 0. The first kappa shape index (κ1) is 20.1. The van der Waals surface area contributed by atoms with Gasteiger partial charge in [0.2, 0.25) is 0 Å². The summed E-state index contributed by atoms with van der Waals surface area (Å²) in [6.07, 6.45) is 0.948. The SMILES string of the molecule is ClCCc1ccc([SH+]c2ccccc2)cc1.F[P-](F)(F)(F)(F)F. The van der Waals surface area contributed by atoms with Crippen LogP contribution in [0.4, 0.5) is 25.2 Å². The van der Waals surface area contributed by atoms with Crippen LogP contribution in [0.15, 0.2) is 64.4 Å². The Morgan fingerprint density at radius 3 is 1.61 bits per heavy atom. The van der Waals surface area contributed by atoms with Gasteiger partial charge in [-0.25, -0.2) is 0 Å². The number of benzene rings is 2. The number of thiol groups is 1. The van der Waals surface area contributed by atoms with Crippen LogP contribution in [-0.4, -0.2) is 5.88 Å². The maximum absolute atomic E-state index is 10.7. The van der Waals surface area contributed by atoms with Crippen molar-refractivity contribution in [2.75, 3.05) is 5.88 Å². The molecule has 0 atom stereocenters. The first-order valence-corrected chi connectivity index (χ1v) is 9.77. The first-order chi connectivity index (χ1) is 10.3. The Kier molecular flexibility index (Phi) is 6.05. The van der Waals surface area contributed by atoms with Gasteiger partial charge in [-0.15, -0.1) is 11.6 Å². The molecule has 9 heteroatoms. The molecule has 0 saturated heterocycles. The van der Waals surface area contributed by atoms with Crippen LogP contribution in [0.5, 0.6) is 0 Å². The molecule has 0 radical (unpaired) electrons. The zero-order valence-corrected chi connectivity index (χ0v) is 14.2. The fourth-order valence-corrected chi connectivity index (χ4v) is 2.63. The fourth-order valence-electron chi connectivity index (χ4n) is 1.50. The topological polar surface area (TPSA) is 0 Å². The second kappa shape index (κ2) is 6.91. The van der Waals surface area contributed by atoms with E-state index in [0.29, 0.717) is 5.88 Å². The van der Waals surface area contributed by atoms with Gasteiger partial charge in [0.05, 0.1) is 0 Å². The quantitative estimate of drug-likeness (QED) is 0.171. The number of alkyl halides is 1. The Balaban J connectivity index is 0.000000322. The molecule has 0 fully saturated rings. The number of halogens is 7. The van der Waals surface area contributed by atoms with Crippen LogP contribution in [0.3, 0.4) is 0 Å².